The molecule has 1 N–H and O–H groups in total. The van der Waals surface area contributed by atoms with Crippen LogP contribution < -0.4 is 5.32 Å². The van der Waals surface area contributed by atoms with Gasteiger partial charge in [-0.15, -0.1) is 0 Å². The van der Waals surface area contributed by atoms with Crippen LogP contribution in [-0.2, 0) is 4.74 Å². The molecule has 0 heterocycles. The lowest BCUT2D eigenvalue weighted by molar-refractivity contribution is 0.179. The zero-order chi connectivity index (χ0) is 11.8. The Labute approximate surface area is 101 Å². The van der Waals surface area contributed by atoms with E-state index in [-0.39, 0.29) is 0 Å². The Morgan fingerprint density at radius 2 is 2.12 bits per heavy atom. The first-order chi connectivity index (χ1) is 7.74. The minimum Gasteiger partial charge on any atom is -0.385 e. The van der Waals surface area contributed by atoms with Crippen LogP contribution in [0.4, 0.5) is 0 Å². The first-order valence-electron chi connectivity index (χ1n) is 6.65. The van der Waals surface area contributed by atoms with E-state index in [1.54, 1.807) is 7.11 Å². The number of nitrogens with one attached hydrogen (secondary N) is 1. The van der Waals surface area contributed by atoms with E-state index >= 15 is 0 Å². The number of likely N-dealkylation sites (N-methyl/N-ethyl adjacent to an activating group) is 1. The maximum Gasteiger partial charge on any atom is 0.0474 e. The summed E-state index contributed by atoms with van der Waals surface area (Å²) in [6.07, 6.45) is 5.31. The second-order valence-corrected chi connectivity index (χ2v) is 5.12. The largest absolute Gasteiger partial charge is 0.385 e. The molecule has 0 aromatic rings. The van der Waals surface area contributed by atoms with Gasteiger partial charge in [-0.25, -0.2) is 0 Å². The fourth-order valence-corrected chi connectivity index (χ4v) is 2.48. The van der Waals surface area contributed by atoms with E-state index in [1.807, 2.05) is 0 Å². The molecule has 1 aliphatic carbocycles. The van der Waals surface area contributed by atoms with Crippen molar-refractivity contribution < 1.29 is 4.74 Å². The Balaban J connectivity index is 1.97. The lowest BCUT2D eigenvalue weighted by Gasteiger charge is -2.21. The number of ether oxygens (including phenoxy) is 1. The summed E-state index contributed by atoms with van der Waals surface area (Å²) in [6.45, 7) is 6.64. The normalized spacial score (nSPS) is 25.5. The van der Waals surface area contributed by atoms with Gasteiger partial charge in [-0.05, 0) is 32.2 Å². The summed E-state index contributed by atoms with van der Waals surface area (Å²) in [5.41, 5.74) is 0. The zero-order valence-corrected chi connectivity index (χ0v) is 11.2. The molecule has 3 nitrogen and oxygen atoms in total. The van der Waals surface area contributed by atoms with Gasteiger partial charge in [-0.2, -0.15) is 0 Å². The third-order valence-electron chi connectivity index (χ3n) is 3.65. The van der Waals surface area contributed by atoms with Gasteiger partial charge in [0.25, 0.3) is 0 Å². The van der Waals surface area contributed by atoms with E-state index in [0.717, 1.165) is 44.6 Å². The van der Waals surface area contributed by atoms with E-state index in [9.17, 15) is 0 Å². The first kappa shape index (κ1) is 13.9. The standard InChI is InChI=1S/C13H28N2O/c1-12-6-4-7-13(12)14-8-10-15(2)9-5-11-16-3/h12-14H,4-11H2,1-3H3. The molecule has 1 fully saturated rings. The van der Waals surface area contributed by atoms with E-state index in [2.05, 4.69) is 24.2 Å². The maximum absolute atomic E-state index is 5.05. The topological polar surface area (TPSA) is 24.5 Å². The van der Waals surface area contributed by atoms with E-state index in [4.69, 9.17) is 4.74 Å². The zero-order valence-electron chi connectivity index (χ0n) is 11.2. The Morgan fingerprint density at radius 3 is 2.75 bits per heavy atom. The second kappa shape index (κ2) is 8.04. The van der Waals surface area contributed by atoms with Crippen LogP contribution >= 0.6 is 0 Å². The predicted octanol–water partition coefficient (Wildman–Crippen LogP) is 1.73. The smallest absolute Gasteiger partial charge is 0.0474 e. The Kier molecular flexibility index (Phi) is 7.01. The highest BCUT2D eigenvalue weighted by Crippen LogP contribution is 2.24. The van der Waals surface area contributed by atoms with Gasteiger partial charge in [0.05, 0.1) is 0 Å². The van der Waals surface area contributed by atoms with Crippen LogP contribution in [0.1, 0.15) is 32.6 Å². The molecule has 0 aliphatic heterocycles. The minimum atomic E-state index is 0.771. The summed E-state index contributed by atoms with van der Waals surface area (Å²) in [4.78, 5) is 2.38. The van der Waals surface area contributed by atoms with Gasteiger partial charge in [0, 0.05) is 39.4 Å². The summed E-state index contributed by atoms with van der Waals surface area (Å²) in [6, 6.07) is 0.771. The average molecular weight is 228 g/mol. The molecular weight excluding hydrogens is 200 g/mol. The summed E-state index contributed by atoms with van der Waals surface area (Å²) >= 11 is 0. The van der Waals surface area contributed by atoms with Crippen molar-refractivity contribution in [3.05, 3.63) is 0 Å². The molecule has 2 unspecified atom stereocenters. The van der Waals surface area contributed by atoms with Gasteiger partial charge >= 0.3 is 0 Å². The number of rotatable bonds is 8. The molecule has 1 rings (SSSR count). The number of methoxy groups -OCH3 is 1. The summed E-state index contributed by atoms with van der Waals surface area (Å²) in [5.74, 6) is 0.874. The molecule has 96 valence electrons. The van der Waals surface area contributed by atoms with Crippen molar-refractivity contribution in [3.8, 4) is 0 Å². The van der Waals surface area contributed by atoms with Crippen molar-refractivity contribution in [2.45, 2.75) is 38.6 Å². The van der Waals surface area contributed by atoms with E-state index < -0.39 is 0 Å². The molecule has 0 saturated heterocycles. The second-order valence-electron chi connectivity index (χ2n) is 5.12. The van der Waals surface area contributed by atoms with Crippen molar-refractivity contribution in [2.24, 2.45) is 5.92 Å². The van der Waals surface area contributed by atoms with Crippen LogP contribution in [0.25, 0.3) is 0 Å². The first-order valence-corrected chi connectivity index (χ1v) is 6.65. The summed E-state index contributed by atoms with van der Waals surface area (Å²) < 4.78 is 5.05. The van der Waals surface area contributed by atoms with Crippen LogP contribution in [0.3, 0.4) is 0 Å². The maximum atomic E-state index is 5.05. The fraction of sp³-hybridized carbons (Fsp3) is 1.00. The van der Waals surface area contributed by atoms with Crippen molar-refractivity contribution in [1.82, 2.24) is 10.2 Å². The molecule has 0 bridgehead atoms. The highest BCUT2D eigenvalue weighted by atomic mass is 16.5. The lowest BCUT2D eigenvalue weighted by atomic mass is 10.1. The number of nitrogens with zero attached hydrogens (tertiary/aromatic N) is 1. The molecule has 1 aliphatic rings. The van der Waals surface area contributed by atoms with Crippen molar-refractivity contribution in [1.29, 1.82) is 0 Å². The Morgan fingerprint density at radius 1 is 1.31 bits per heavy atom. The fourth-order valence-electron chi connectivity index (χ4n) is 2.48. The number of hydrogen-bond donors (Lipinski definition) is 1. The van der Waals surface area contributed by atoms with Gasteiger partial charge in [-0.1, -0.05) is 13.3 Å². The van der Waals surface area contributed by atoms with Crippen LogP contribution in [0.2, 0.25) is 0 Å². The molecule has 0 amide bonds. The SMILES string of the molecule is COCCCN(C)CCNC1CCCC1C. The molecule has 0 spiro atoms. The van der Waals surface area contributed by atoms with Crippen molar-refractivity contribution in [2.75, 3.05) is 40.4 Å². The van der Waals surface area contributed by atoms with E-state index in [1.165, 1.54) is 19.3 Å². The molecule has 2 atom stereocenters. The monoisotopic (exact) mass is 228 g/mol. The van der Waals surface area contributed by atoms with E-state index in [0.29, 0.717) is 0 Å². The van der Waals surface area contributed by atoms with Crippen molar-refractivity contribution >= 4 is 0 Å². The predicted molar refractivity (Wildman–Crippen MR) is 68.8 cm³/mol. The summed E-state index contributed by atoms with van der Waals surface area (Å²) in [7, 11) is 3.96. The highest BCUT2D eigenvalue weighted by Gasteiger charge is 2.22. The third-order valence-corrected chi connectivity index (χ3v) is 3.65. The Hall–Kier alpha value is -0.120. The number of hydrogen-bond acceptors (Lipinski definition) is 3. The Bertz CT molecular complexity index is 175. The quantitative estimate of drug-likeness (QED) is 0.640. The molecule has 16 heavy (non-hydrogen) atoms. The molecule has 0 aromatic heterocycles. The minimum absolute atomic E-state index is 0.771. The average Bonchev–Trinajstić information content (AvgIpc) is 2.65. The lowest BCUT2D eigenvalue weighted by Crippen LogP contribution is -2.37. The molecule has 1 saturated carbocycles. The van der Waals surface area contributed by atoms with Gasteiger partial charge in [0.15, 0.2) is 0 Å². The molecule has 0 aromatic carbocycles. The van der Waals surface area contributed by atoms with Gasteiger partial charge in [0.2, 0.25) is 0 Å². The molecular formula is C13H28N2O. The van der Waals surface area contributed by atoms with Crippen LogP contribution in [0.5, 0.6) is 0 Å². The van der Waals surface area contributed by atoms with Gasteiger partial charge in [-0.3, -0.25) is 0 Å². The highest BCUT2D eigenvalue weighted by molar-refractivity contribution is 4.80. The van der Waals surface area contributed by atoms with Crippen LogP contribution in [0, 0.1) is 5.92 Å². The van der Waals surface area contributed by atoms with Crippen LogP contribution in [0.15, 0.2) is 0 Å². The molecule has 3 heteroatoms. The molecule has 0 radical (unpaired) electrons. The summed E-state index contributed by atoms with van der Waals surface area (Å²) in [5, 5.41) is 3.68. The van der Waals surface area contributed by atoms with Gasteiger partial charge in [0.1, 0.15) is 0 Å². The van der Waals surface area contributed by atoms with Crippen LogP contribution in [-0.4, -0.2) is 51.3 Å². The third kappa shape index (κ3) is 5.28. The van der Waals surface area contributed by atoms with Crippen molar-refractivity contribution in [3.63, 3.8) is 0 Å². The van der Waals surface area contributed by atoms with Gasteiger partial charge < -0.3 is 15.0 Å².